The largest absolute Gasteiger partial charge is 0.481 e. The lowest BCUT2D eigenvalue weighted by Crippen LogP contribution is -2.60. The number of amides is 2. The molecule has 2 N–H and O–H groups in total. The molecule has 1 saturated heterocycles. The standard InChI is InChI=1S/C16H24N4O4/c1-2-24-13-9-12(14(13)20-8-4-6-17-20)18-16(23)19-7-3-5-11(10-19)15(21)22/h4,6,8,11-14H,2-3,5,7,9-10H2,1H3,(H,18,23)(H,21,22). The number of carboxylic acid groups (broad SMARTS) is 1. The molecule has 4 unspecified atom stereocenters. The summed E-state index contributed by atoms with van der Waals surface area (Å²) in [5, 5.41) is 16.4. The number of urea groups is 1. The molecular formula is C16H24N4O4. The molecule has 2 heterocycles. The molecule has 1 saturated carbocycles. The molecule has 3 rings (SSSR count). The van der Waals surface area contributed by atoms with Crippen molar-refractivity contribution in [2.24, 2.45) is 5.92 Å². The monoisotopic (exact) mass is 336 g/mol. The van der Waals surface area contributed by atoms with Gasteiger partial charge in [0.1, 0.15) is 0 Å². The number of aromatic nitrogens is 2. The number of carbonyl (C=O) groups excluding carboxylic acids is 1. The Balaban J connectivity index is 1.60. The van der Waals surface area contributed by atoms with Crippen molar-refractivity contribution in [2.75, 3.05) is 19.7 Å². The SMILES string of the molecule is CCOC1CC(NC(=O)N2CCCC(C(=O)O)C2)C1n1cccn1. The minimum Gasteiger partial charge on any atom is -0.481 e. The highest BCUT2D eigenvalue weighted by atomic mass is 16.5. The molecule has 1 aliphatic heterocycles. The van der Waals surface area contributed by atoms with E-state index < -0.39 is 11.9 Å². The summed E-state index contributed by atoms with van der Waals surface area (Å²) in [7, 11) is 0. The van der Waals surface area contributed by atoms with Gasteiger partial charge in [-0.25, -0.2) is 4.79 Å². The van der Waals surface area contributed by atoms with Crippen LogP contribution in [-0.2, 0) is 9.53 Å². The molecule has 8 heteroatoms. The van der Waals surface area contributed by atoms with Gasteiger partial charge in [-0.1, -0.05) is 0 Å². The lowest BCUT2D eigenvalue weighted by Gasteiger charge is -2.45. The number of carbonyl (C=O) groups is 2. The van der Waals surface area contributed by atoms with Crippen molar-refractivity contribution in [3.05, 3.63) is 18.5 Å². The summed E-state index contributed by atoms with van der Waals surface area (Å²) in [6.07, 6.45) is 5.71. The number of nitrogens with zero attached hydrogens (tertiary/aromatic N) is 3. The molecule has 0 aromatic carbocycles. The Morgan fingerprint density at radius 2 is 2.29 bits per heavy atom. The molecule has 0 bridgehead atoms. The summed E-state index contributed by atoms with van der Waals surface area (Å²) in [5.41, 5.74) is 0. The van der Waals surface area contributed by atoms with Crippen LogP contribution in [0.5, 0.6) is 0 Å². The van der Waals surface area contributed by atoms with Crippen molar-refractivity contribution in [2.45, 2.75) is 44.4 Å². The molecule has 132 valence electrons. The Labute approximate surface area is 140 Å². The summed E-state index contributed by atoms with van der Waals surface area (Å²) in [5.74, 6) is -1.30. The van der Waals surface area contributed by atoms with E-state index in [0.717, 1.165) is 12.8 Å². The second-order valence-corrected chi connectivity index (χ2v) is 6.39. The second-order valence-electron chi connectivity index (χ2n) is 6.39. The van der Waals surface area contributed by atoms with Crippen LogP contribution in [0.25, 0.3) is 0 Å². The Morgan fingerprint density at radius 1 is 1.46 bits per heavy atom. The van der Waals surface area contributed by atoms with Gasteiger partial charge in [-0.3, -0.25) is 9.48 Å². The van der Waals surface area contributed by atoms with Gasteiger partial charge in [0, 0.05) is 32.1 Å². The van der Waals surface area contributed by atoms with Gasteiger partial charge < -0.3 is 20.1 Å². The Bertz CT molecular complexity index is 577. The zero-order valence-corrected chi connectivity index (χ0v) is 13.8. The number of ether oxygens (including phenoxy) is 1. The fourth-order valence-electron chi connectivity index (χ4n) is 3.54. The number of carboxylic acids is 1. The highest BCUT2D eigenvalue weighted by molar-refractivity contribution is 5.77. The van der Waals surface area contributed by atoms with Crippen LogP contribution < -0.4 is 5.32 Å². The summed E-state index contributed by atoms with van der Waals surface area (Å²) < 4.78 is 7.54. The van der Waals surface area contributed by atoms with E-state index in [4.69, 9.17) is 9.84 Å². The van der Waals surface area contributed by atoms with Gasteiger partial charge >= 0.3 is 12.0 Å². The predicted molar refractivity (Wildman–Crippen MR) is 85.5 cm³/mol. The Kier molecular flexibility index (Phi) is 5.03. The van der Waals surface area contributed by atoms with Crippen molar-refractivity contribution in [1.82, 2.24) is 20.0 Å². The average molecular weight is 336 g/mol. The number of piperidine rings is 1. The maximum absolute atomic E-state index is 12.5. The third kappa shape index (κ3) is 3.38. The highest BCUT2D eigenvalue weighted by Crippen LogP contribution is 2.35. The number of hydrogen-bond acceptors (Lipinski definition) is 4. The molecule has 0 spiro atoms. The van der Waals surface area contributed by atoms with Gasteiger partial charge in [-0.15, -0.1) is 0 Å². The third-order valence-electron chi connectivity index (χ3n) is 4.86. The molecule has 4 atom stereocenters. The number of rotatable bonds is 5. The molecular weight excluding hydrogens is 312 g/mol. The molecule has 2 amide bonds. The molecule has 24 heavy (non-hydrogen) atoms. The summed E-state index contributed by atoms with van der Waals surface area (Å²) in [4.78, 5) is 25.3. The van der Waals surface area contributed by atoms with Crippen LogP contribution in [0, 0.1) is 5.92 Å². The van der Waals surface area contributed by atoms with Crippen LogP contribution in [0.4, 0.5) is 4.79 Å². The number of likely N-dealkylation sites (tertiary alicyclic amines) is 1. The van der Waals surface area contributed by atoms with Gasteiger partial charge in [0.2, 0.25) is 0 Å². The van der Waals surface area contributed by atoms with Crippen LogP contribution in [0.1, 0.15) is 32.2 Å². The number of aliphatic carboxylic acids is 1. The van der Waals surface area contributed by atoms with E-state index in [-0.39, 0.29) is 30.8 Å². The first-order chi connectivity index (χ1) is 11.6. The van der Waals surface area contributed by atoms with Gasteiger partial charge in [0.25, 0.3) is 0 Å². The maximum Gasteiger partial charge on any atom is 0.317 e. The highest BCUT2D eigenvalue weighted by Gasteiger charge is 2.45. The van der Waals surface area contributed by atoms with E-state index in [1.54, 1.807) is 11.1 Å². The van der Waals surface area contributed by atoms with E-state index >= 15 is 0 Å². The van der Waals surface area contributed by atoms with Crippen LogP contribution in [0.2, 0.25) is 0 Å². The van der Waals surface area contributed by atoms with Gasteiger partial charge in [-0.2, -0.15) is 5.10 Å². The maximum atomic E-state index is 12.5. The lowest BCUT2D eigenvalue weighted by molar-refractivity contribution is -0.143. The van der Waals surface area contributed by atoms with E-state index in [2.05, 4.69) is 10.4 Å². The van der Waals surface area contributed by atoms with Crippen LogP contribution in [-0.4, -0.2) is 63.6 Å². The molecule has 1 aliphatic carbocycles. The molecule has 8 nitrogen and oxygen atoms in total. The fourth-order valence-corrected chi connectivity index (χ4v) is 3.54. The third-order valence-corrected chi connectivity index (χ3v) is 4.86. The van der Waals surface area contributed by atoms with E-state index in [0.29, 0.717) is 19.6 Å². The first-order valence-electron chi connectivity index (χ1n) is 8.49. The van der Waals surface area contributed by atoms with E-state index in [1.807, 2.05) is 23.9 Å². The van der Waals surface area contributed by atoms with Gasteiger partial charge in [-0.05, 0) is 32.3 Å². The van der Waals surface area contributed by atoms with Crippen LogP contribution in [0.15, 0.2) is 18.5 Å². The first-order valence-corrected chi connectivity index (χ1v) is 8.49. The average Bonchev–Trinajstić information content (AvgIpc) is 3.07. The predicted octanol–water partition coefficient (Wildman–Crippen LogP) is 1.11. The molecule has 2 aliphatic rings. The molecule has 2 fully saturated rings. The minimum atomic E-state index is -0.832. The second kappa shape index (κ2) is 7.21. The van der Waals surface area contributed by atoms with Gasteiger partial charge in [0.15, 0.2) is 0 Å². The zero-order chi connectivity index (χ0) is 17.1. The van der Waals surface area contributed by atoms with Crippen molar-refractivity contribution < 1.29 is 19.4 Å². The normalized spacial score (nSPS) is 29.8. The summed E-state index contributed by atoms with van der Waals surface area (Å²) in [6, 6.07) is 1.57. The first kappa shape index (κ1) is 16.8. The fraction of sp³-hybridized carbons (Fsp3) is 0.688. The van der Waals surface area contributed by atoms with Crippen molar-refractivity contribution in [1.29, 1.82) is 0 Å². The topological polar surface area (TPSA) is 96.7 Å². The zero-order valence-electron chi connectivity index (χ0n) is 13.8. The van der Waals surface area contributed by atoms with Gasteiger partial charge in [0.05, 0.1) is 24.1 Å². The quantitative estimate of drug-likeness (QED) is 0.839. The van der Waals surface area contributed by atoms with Crippen molar-refractivity contribution >= 4 is 12.0 Å². The van der Waals surface area contributed by atoms with E-state index in [1.165, 1.54) is 0 Å². The van der Waals surface area contributed by atoms with Crippen LogP contribution >= 0.6 is 0 Å². The number of hydrogen-bond donors (Lipinski definition) is 2. The Hall–Kier alpha value is -2.09. The lowest BCUT2D eigenvalue weighted by atomic mass is 9.82. The Morgan fingerprint density at radius 3 is 2.96 bits per heavy atom. The van der Waals surface area contributed by atoms with Crippen LogP contribution in [0.3, 0.4) is 0 Å². The van der Waals surface area contributed by atoms with Crippen molar-refractivity contribution in [3.8, 4) is 0 Å². The smallest absolute Gasteiger partial charge is 0.317 e. The summed E-state index contributed by atoms with van der Waals surface area (Å²) >= 11 is 0. The van der Waals surface area contributed by atoms with Crippen molar-refractivity contribution in [3.63, 3.8) is 0 Å². The minimum absolute atomic E-state index is 0.0241. The molecule has 1 aromatic rings. The summed E-state index contributed by atoms with van der Waals surface area (Å²) in [6.45, 7) is 3.44. The molecule has 1 aromatic heterocycles. The van der Waals surface area contributed by atoms with E-state index in [9.17, 15) is 9.59 Å². The number of nitrogens with one attached hydrogen (secondary N) is 1. The molecule has 0 radical (unpaired) electrons.